The van der Waals surface area contributed by atoms with Crippen LogP contribution in [-0.4, -0.2) is 30.2 Å². The van der Waals surface area contributed by atoms with Gasteiger partial charge in [-0.15, -0.1) is 21.5 Å². The molecule has 3 rings (SSSR count). The van der Waals surface area contributed by atoms with Crippen LogP contribution in [-0.2, 0) is 17.3 Å². The molecule has 2 aromatic heterocycles. The lowest BCUT2D eigenvalue weighted by Crippen LogP contribution is -2.05. The van der Waals surface area contributed by atoms with Crippen LogP contribution in [0.1, 0.15) is 11.3 Å². The van der Waals surface area contributed by atoms with E-state index in [4.69, 9.17) is 0 Å². The Morgan fingerprint density at radius 3 is 2.95 bits per heavy atom. The van der Waals surface area contributed by atoms with Crippen molar-refractivity contribution < 1.29 is 4.21 Å². The molecule has 0 aliphatic heterocycles. The maximum absolute atomic E-state index is 11.6. The zero-order chi connectivity index (χ0) is 15.5. The minimum absolute atomic E-state index is 0.460. The number of aryl methyl sites for hydroxylation is 1. The van der Waals surface area contributed by atoms with Gasteiger partial charge in [0.2, 0.25) is 5.16 Å². The molecule has 8 heteroatoms. The molecule has 1 aromatic carbocycles. The molecule has 0 aliphatic rings. The largest absolute Gasteiger partial charge is 0.331 e. The van der Waals surface area contributed by atoms with Gasteiger partial charge in [-0.1, -0.05) is 18.2 Å². The molecule has 1 N–H and O–H groups in total. The van der Waals surface area contributed by atoms with E-state index in [-0.39, 0.29) is 0 Å². The van der Waals surface area contributed by atoms with E-state index in [1.54, 1.807) is 17.2 Å². The Balaban J connectivity index is 1.75. The van der Waals surface area contributed by atoms with Gasteiger partial charge in [0.05, 0.1) is 23.0 Å². The third-order valence-electron chi connectivity index (χ3n) is 3.11. The molecule has 2 heterocycles. The highest BCUT2D eigenvalue weighted by Crippen LogP contribution is 2.23. The van der Waals surface area contributed by atoms with Crippen molar-refractivity contribution in [1.29, 1.82) is 0 Å². The molecule has 3 aromatic rings. The van der Waals surface area contributed by atoms with E-state index in [1.807, 2.05) is 23.6 Å². The van der Waals surface area contributed by atoms with Gasteiger partial charge >= 0.3 is 0 Å². The van der Waals surface area contributed by atoms with Crippen LogP contribution in [0.5, 0.6) is 0 Å². The summed E-state index contributed by atoms with van der Waals surface area (Å²) < 4.78 is 13.3. The Morgan fingerprint density at radius 1 is 1.36 bits per heavy atom. The van der Waals surface area contributed by atoms with Crippen LogP contribution in [0, 0.1) is 6.92 Å². The zero-order valence-corrected chi connectivity index (χ0v) is 13.8. The molecule has 114 valence electrons. The summed E-state index contributed by atoms with van der Waals surface area (Å²) >= 11 is 1.54. The summed E-state index contributed by atoms with van der Waals surface area (Å²) in [5.41, 5.74) is 3.09. The first-order valence-corrected chi connectivity index (χ1v) is 9.05. The summed E-state index contributed by atoms with van der Waals surface area (Å²) in [5.74, 6) is 0. The summed E-state index contributed by atoms with van der Waals surface area (Å²) in [5, 5.41) is 14.3. The lowest BCUT2D eigenvalue weighted by atomic mass is 10.2. The Kier molecular flexibility index (Phi) is 4.30. The number of nitrogens with one attached hydrogen (secondary N) is 1. The van der Waals surface area contributed by atoms with Crippen LogP contribution >= 0.6 is 11.3 Å². The van der Waals surface area contributed by atoms with Crippen molar-refractivity contribution in [2.75, 3.05) is 11.6 Å². The summed E-state index contributed by atoms with van der Waals surface area (Å²) in [6.07, 6.45) is 3.16. The molecule has 22 heavy (non-hydrogen) atoms. The highest BCUT2D eigenvalue weighted by Gasteiger charge is 2.10. The lowest BCUT2D eigenvalue weighted by Gasteiger charge is -2.05. The number of anilines is 2. The summed E-state index contributed by atoms with van der Waals surface area (Å²) in [7, 11) is -1.16. The molecule has 6 nitrogen and oxygen atoms in total. The number of hydrogen-bond acceptors (Lipinski definition) is 6. The first-order chi connectivity index (χ1) is 10.6. The Bertz CT molecular complexity index is 811. The van der Waals surface area contributed by atoms with E-state index in [1.165, 1.54) is 16.9 Å². The van der Waals surface area contributed by atoms with Crippen LogP contribution in [0.25, 0.3) is 0 Å². The third kappa shape index (κ3) is 3.23. The first-order valence-electron chi connectivity index (χ1n) is 6.62. The van der Waals surface area contributed by atoms with Gasteiger partial charge in [0.15, 0.2) is 5.13 Å². The summed E-state index contributed by atoms with van der Waals surface area (Å²) in [4.78, 5) is 4.55. The monoisotopic (exact) mass is 333 g/mol. The van der Waals surface area contributed by atoms with Crippen molar-refractivity contribution in [3.8, 4) is 0 Å². The molecular weight excluding hydrogens is 318 g/mol. The number of hydrogen-bond donors (Lipinski definition) is 1. The fraction of sp³-hybridized carbons (Fsp3) is 0.214. The average Bonchev–Trinajstić information content (AvgIpc) is 3.11. The van der Waals surface area contributed by atoms with Crippen molar-refractivity contribution in [2.24, 2.45) is 0 Å². The SMILES string of the molecule is Cc1ccccc1Nc1nc(Cn2cnnc2S(C)=O)cs1. The molecule has 0 fully saturated rings. The summed E-state index contributed by atoms with van der Waals surface area (Å²) in [6.45, 7) is 2.56. The number of para-hydroxylation sites is 1. The Morgan fingerprint density at radius 2 is 2.18 bits per heavy atom. The van der Waals surface area contributed by atoms with Gasteiger partial charge in [0, 0.05) is 17.3 Å². The predicted molar refractivity (Wildman–Crippen MR) is 88.0 cm³/mol. The third-order valence-corrected chi connectivity index (χ3v) is 4.74. The normalized spacial score (nSPS) is 12.3. The Labute approximate surface area is 134 Å². The molecule has 0 saturated carbocycles. The fourth-order valence-corrected chi connectivity index (χ4v) is 3.33. The summed E-state index contributed by atoms with van der Waals surface area (Å²) in [6, 6.07) is 8.07. The molecule has 0 bridgehead atoms. The molecule has 1 unspecified atom stereocenters. The van der Waals surface area contributed by atoms with Crippen LogP contribution < -0.4 is 5.32 Å². The predicted octanol–water partition coefficient (Wildman–Crippen LogP) is 2.57. The van der Waals surface area contributed by atoms with Crippen LogP contribution in [0.4, 0.5) is 10.8 Å². The molecule has 0 amide bonds. The van der Waals surface area contributed by atoms with Crippen molar-refractivity contribution in [3.05, 3.63) is 47.2 Å². The average molecular weight is 333 g/mol. The van der Waals surface area contributed by atoms with E-state index in [9.17, 15) is 4.21 Å². The van der Waals surface area contributed by atoms with E-state index in [2.05, 4.69) is 33.5 Å². The second-order valence-electron chi connectivity index (χ2n) is 4.78. The van der Waals surface area contributed by atoms with E-state index >= 15 is 0 Å². The maximum Gasteiger partial charge on any atom is 0.221 e. The van der Waals surface area contributed by atoms with E-state index in [0.717, 1.165) is 16.5 Å². The molecule has 1 atom stereocenters. The van der Waals surface area contributed by atoms with Gasteiger partial charge in [-0.05, 0) is 18.6 Å². The van der Waals surface area contributed by atoms with Crippen LogP contribution in [0.2, 0.25) is 0 Å². The van der Waals surface area contributed by atoms with E-state index in [0.29, 0.717) is 11.7 Å². The van der Waals surface area contributed by atoms with Crippen LogP contribution in [0.15, 0.2) is 41.1 Å². The topological polar surface area (TPSA) is 72.7 Å². The quantitative estimate of drug-likeness (QED) is 0.777. The second-order valence-corrected chi connectivity index (χ2v) is 6.91. The van der Waals surface area contributed by atoms with Crippen molar-refractivity contribution >= 4 is 33.0 Å². The first kappa shape index (κ1) is 14.9. The van der Waals surface area contributed by atoms with Gasteiger partial charge in [-0.2, -0.15) is 0 Å². The van der Waals surface area contributed by atoms with Gasteiger partial charge in [-0.3, -0.25) is 4.21 Å². The van der Waals surface area contributed by atoms with Gasteiger partial charge < -0.3 is 9.88 Å². The molecule has 0 spiro atoms. The highest BCUT2D eigenvalue weighted by molar-refractivity contribution is 7.84. The number of thiazole rings is 1. The minimum atomic E-state index is -1.16. The van der Waals surface area contributed by atoms with Crippen molar-refractivity contribution in [1.82, 2.24) is 19.7 Å². The van der Waals surface area contributed by atoms with Crippen molar-refractivity contribution in [2.45, 2.75) is 18.6 Å². The van der Waals surface area contributed by atoms with Crippen molar-refractivity contribution in [3.63, 3.8) is 0 Å². The van der Waals surface area contributed by atoms with Gasteiger partial charge in [0.1, 0.15) is 6.33 Å². The standard InChI is InChI=1S/C14H15N5OS2/c1-10-5-3-4-6-12(10)17-13-16-11(8-21-13)7-19-9-15-18-14(19)22(2)20/h3-6,8-9H,7H2,1-2H3,(H,16,17). The van der Waals surface area contributed by atoms with Gasteiger partial charge in [-0.25, -0.2) is 4.98 Å². The van der Waals surface area contributed by atoms with Crippen LogP contribution in [0.3, 0.4) is 0 Å². The number of nitrogens with zero attached hydrogens (tertiary/aromatic N) is 4. The Hall–Kier alpha value is -2.06. The smallest absolute Gasteiger partial charge is 0.221 e. The lowest BCUT2D eigenvalue weighted by molar-refractivity contribution is 0.650. The fourth-order valence-electron chi connectivity index (χ4n) is 2.02. The van der Waals surface area contributed by atoms with Gasteiger partial charge in [0.25, 0.3) is 0 Å². The molecule has 0 saturated heterocycles. The van der Waals surface area contributed by atoms with E-state index < -0.39 is 10.8 Å². The molecule has 0 radical (unpaired) electrons. The maximum atomic E-state index is 11.6. The molecular formula is C14H15N5OS2. The zero-order valence-electron chi connectivity index (χ0n) is 12.2. The minimum Gasteiger partial charge on any atom is -0.331 e. The molecule has 0 aliphatic carbocycles. The number of rotatable bonds is 5. The number of benzene rings is 1. The highest BCUT2D eigenvalue weighted by atomic mass is 32.2. The number of aromatic nitrogens is 4. The second kappa shape index (κ2) is 6.37.